The third-order valence-electron chi connectivity index (χ3n) is 3.22. The fourth-order valence-electron chi connectivity index (χ4n) is 2.20. The molecule has 2 N–H and O–H groups in total. The van der Waals surface area contributed by atoms with Gasteiger partial charge in [0.15, 0.2) is 5.11 Å². The van der Waals surface area contributed by atoms with Crippen LogP contribution in [-0.2, 0) is 0 Å². The zero-order valence-corrected chi connectivity index (χ0v) is 9.91. The fourth-order valence-corrected chi connectivity index (χ4v) is 2.53. The molecule has 1 unspecified atom stereocenters. The van der Waals surface area contributed by atoms with Gasteiger partial charge in [0.05, 0.1) is 0 Å². The Hall–Kier alpha value is -0.310. The smallest absolute Gasteiger partial charge is 0.166 e. The number of rotatable bonds is 2. The van der Waals surface area contributed by atoms with Crippen molar-refractivity contribution in [3.63, 3.8) is 0 Å². The van der Waals surface area contributed by atoms with Gasteiger partial charge in [0, 0.05) is 12.1 Å². The largest absolute Gasteiger partial charge is 0.360 e. The predicted octanol–water partition coefficient (Wildman–Crippen LogP) is 2.19. The highest BCUT2D eigenvalue weighted by Gasteiger charge is 2.31. The Labute approximate surface area is 91.8 Å². The summed E-state index contributed by atoms with van der Waals surface area (Å²) in [5.74, 6) is 0. The molecular formula is C11H20N2S. The number of hydrogen-bond donors (Lipinski definition) is 2. The highest BCUT2D eigenvalue weighted by atomic mass is 32.1. The summed E-state index contributed by atoms with van der Waals surface area (Å²) in [6.45, 7) is 4.68. The SMILES string of the molecule is CC1(C)CCC(NC(=S)NC2CC2)C1. The van der Waals surface area contributed by atoms with E-state index in [1.165, 1.54) is 32.1 Å². The van der Waals surface area contributed by atoms with E-state index in [2.05, 4.69) is 24.5 Å². The van der Waals surface area contributed by atoms with Gasteiger partial charge in [-0.1, -0.05) is 13.8 Å². The van der Waals surface area contributed by atoms with Gasteiger partial charge >= 0.3 is 0 Å². The van der Waals surface area contributed by atoms with Crippen molar-refractivity contribution >= 4 is 17.3 Å². The third-order valence-corrected chi connectivity index (χ3v) is 3.45. The van der Waals surface area contributed by atoms with Crippen LogP contribution in [0.25, 0.3) is 0 Å². The van der Waals surface area contributed by atoms with Crippen LogP contribution in [0.1, 0.15) is 46.0 Å². The highest BCUT2D eigenvalue weighted by molar-refractivity contribution is 7.80. The Morgan fingerprint density at radius 2 is 1.79 bits per heavy atom. The number of nitrogens with one attached hydrogen (secondary N) is 2. The summed E-state index contributed by atoms with van der Waals surface area (Å²) in [7, 11) is 0. The van der Waals surface area contributed by atoms with E-state index in [0.717, 1.165) is 5.11 Å². The molecule has 14 heavy (non-hydrogen) atoms. The minimum absolute atomic E-state index is 0.507. The van der Waals surface area contributed by atoms with Crippen LogP contribution in [0, 0.1) is 5.41 Å². The Morgan fingerprint density at radius 1 is 1.14 bits per heavy atom. The van der Waals surface area contributed by atoms with Crippen LogP contribution in [0.4, 0.5) is 0 Å². The topological polar surface area (TPSA) is 24.1 Å². The van der Waals surface area contributed by atoms with Crippen molar-refractivity contribution in [2.75, 3.05) is 0 Å². The average Bonchev–Trinajstić information content (AvgIpc) is 2.78. The van der Waals surface area contributed by atoms with E-state index in [4.69, 9.17) is 12.2 Å². The summed E-state index contributed by atoms with van der Waals surface area (Å²) in [5, 5.41) is 7.63. The van der Waals surface area contributed by atoms with Gasteiger partial charge in [0.1, 0.15) is 0 Å². The minimum Gasteiger partial charge on any atom is -0.360 e. The molecule has 0 aliphatic heterocycles. The maximum absolute atomic E-state index is 5.26. The van der Waals surface area contributed by atoms with Gasteiger partial charge in [-0.2, -0.15) is 0 Å². The molecular weight excluding hydrogens is 192 g/mol. The Morgan fingerprint density at radius 3 is 2.29 bits per heavy atom. The molecule has 2 rings (SSSR count). The first-order chi connectivity index (χ1) is 6.55. The zero-order valence-electron chi connectivity index (χ0n) is 9.10. The molecule has 0 aromatic rings. The van der Waals surface area contributed by atoms with Crippen LogP contribution < -0.4 is 10.6 Å². The van der Waals surface area contributed by atoms with E-state index < -0.39 is 0 Å². The second-order valence-corrected chi connectivity index (χ2v) is 5.90. The van der Waals surface area contributed by atoms with Crippen LogP contribution in [0.2, 0.25) is 0 Å². The maximum atomic E-state index is 5.26. The number of thiocarbonyl (C=S) groups is 1. The maximum Gasteiger partial charge on any atom is 0.166 e. The molecule has 1 atom stereocenters. The van der Waals surface area contributed by atoms with Crippen LogP contribution in [-0.4, -0.2) is 17.2 Å². The zero-order chi connectivity index (χ0) is 10.2. The molecule has 2 saturated carbocycles. The molecule has 0 bridgehead atoms. The van der Waals surface area contributed by atoms with Gasteiger partial charge in [-0.3, -0.25) is 0 Å². The van der Waals surface area contributed by atoms with Gasteiger partial charge in [-0.15, -0.1) is 0 Å². The molecule has 80 valence electrons. The first kappa shape index (κ1) is 10.2. The van der Waals surface area contributed by atoms with E-state index in [0.29, 0.717) is 17.5 Å². The second kappa shape index (κ2) is 3.69. The standard InChI is InChI=1S/C11H20N2S/c1-11(2)6-5-9(7-11)13-10(14)12-8-3-4-8/h8-9H,3-7H2,1-2H3,(H2,12,13,14). The lowest BCUT2D eigenvalue weighted by Crippen LogP contribution is -2.41. The van der Waals surface area contributed by atoms with Crippen LogP contribution in [0.5, 0.6) is 0 Å². The first-order valence-corrected chi connectivity index (χ1v) is 6.03. The van der Waals surface area contributed by atoms with E-state index in [-0.39, 0.29) is 0 Å². The summed E-state index contributed by atoms with van der Waals surface area (Å²) >= 11 is 5.26. The third kappa shape index (κ3) is 2.84. The summed E-state index contributed by atoms with van der Waals surface area (Å²) in [6.07, 6.45) is 6.41. The van der Waals surface area contributed by atoms with Crippen LogP contribution >= 0.6 is 12.2 Å². The van der Waals surface area contributed by atoms with Gasteiger partial charge < -0.3 is 10.6 Å². The minimum atomic E-state index is 0.507. The molecule has 3 heteroatoms. The molecule has 0 aromatic heterocycles. The molecule has 0 amide bonds. The van der Waals surface area contributed by atoms with E-state index in [1.807, 2.05) is 0 Å². The van der Waals surface area contributed by atoms with Gasteiger partial charge in [0.2, 0.25) is 0 Å². The van der Waals surface area contributed by atoms with Gasteiger partial charge in [0.25, 0.3) is 0 Å². The molecule has 2 nitrogen and oxygen atoms in total. The Balaban J connectivity index is 1.72. The first-order valence-electron chi connectivity index (χ1n) is 5.62. The van der Waals surface area contributed by atoms with Crippen molar-refractivity contribution in [3.05, 3.63) is 0 Å². The quantitative estimate of drug-likeness (QED) is 0.686. The van der Waals surface area contributed by atoms with Crippen molar-refractivity contribution in [2.24, 2.45) is 5.41 Å². The molecule has 2 fully saturated rings. The van der Waals surface area contributed by atoms with Crippen molar-refractivity contribution in [1.82, 2.24) is 10.6 Å². The summed E-state index contributed by atoms with van der Waals surface area (Å²) < 4.78 is 0. The van der Waals surface area contributed by atoms with Crippen LogP contribution in [0.3, 0.4) is 0 Å². The average molecular weight is 212 g/mol. The van der Waals surface area contributed by atoms with Gasteiger partial charge in [-0.05, 0) is 49.7 Å². The molecule has 0 radical (unpaired) electrons. The lowest BCUT2D eigenvalue weighted by Gasteiger charge is -2.19. The predicted molar refractivity (Wildman–Crippen MR) is 63.3 cm³/mol. The van der Waals surface area contributed by atoms with Crippen molar-refractivity contribution in [1.29, 1.82) is 0 Å². The molecule has 2 aliphatic carbocycles. The highest BCUT2D eigenvalue weighted by Crippen LogP contribution is 2.36. The summed E-state index contributed by atoms with van der Waals surface area (Å²) in [4.78, 5) is 0. The molecule has 0 aromatic carbocycles. The van der Waals surface area contributed by atoms with E-state index in [1.54, 1.807) is 0 Å². The van der Waals surface area contributed by atoms with E-state index >= 15 is 0 Å². The Kier molecular flexibility index (Phi) is 2.69. The lowest BCUT2D eigenvalue weighted by molar-refractivity contribution is 0.372. The number of hydrogen-bond acceptors (Lipinski definition) is 1. The molecule has 0 spiro atoms. The molecule has 0 saturated heterocycles. The van der Waals surface area contributed by atoms with E-state index in [9.17, 15) is 0 Å². The second-order valence-electron chi connectivity index (χ2n) is 5.50. The lowest BCUT2D eigenvalue weighted by atomic mass is 9.92. The summed E-state index contributed by atoms with van der Waals surface area (Å²) in [6, 6.07) is 1.27. The summed E-state index contributed by atoms with van der Waals surface area (Å²) in [5.41, 5.74) is 0.507. The monoisotopic (exact) mass is 212 g/mol. The molecule has 2 aliphatic rings. The van der Waals surface area contributed by atoms with Crippen LogP contribution in [0.15, 0.2) is 0 Å². The fraction of sp³-hybridized carbons (Fsp3) is 0.909. The van der Waals surface area contributed by atoms with Crippen molar-refractivity contribution < 1.29 is 0 Å². The normalized spacial score (nSPS) is 30.0. The molecule has 0 heterocycles. The van der Waals surface area contributed by atoms with Gasteiger partial charge in [-0.25, -0.2) is 0 Å². The Bertz CT molecular complexity index is 233. The van der Waals surface area contributed by atoms with Crippen molar-refractivity contribution in [3.8, 4) is 0 Å². The van der Waals surface area contributed by atoms with Crippen molar-refractivity contribution in [2.45, 2.75) is 58.0 Å².